The first-order valence-corrected chi connectivity index (χ1v) is 9.73. The number of nitrogens with one attached hydrogen (secondary N) is 1. The van der Waals surface area contributed by atoms with E-state index in [4.69, 9.17) is 15.6 Å². The topological polar surface area (TPSA) is 124 Å². The van der Waals surface area contributed by atoms with Gasteiger partial charge in [-0.3, -0.25) is 4.68 Å². The molecule has 30 heavy (non-hydrogen) atoms. The predicted molar refractivity (Wildman–Crippen MR) is 111 cm³/mol. The summed E-state index contributed by atoms with van der Waals surface area (Å²) in [6.45, 7) is 2.01. The Kier molecular flexibility index (Phi) is 5.49. The van der Waals surface area contributed by atoms with Crippen LogP contribution in [0.5, 0.6) is 5.75 Å². The van der Waals surface area contributed by atoms with Crippen molar-refractivity contribution < 1.29 is 14.2 Å². The molecule has 1 atom stereocenters. The van der Waals surface area contributed by atoms with Crippen LogP contribution in [0.4, 0.5) is 16.2 Å². The maximum Gasteiger partial charge on any atom is 0.223 e. The lowest BCUT2D eigenvalue weighted by atomic mass is 9.91. The number of aliphatic hydroxyl groups is 1. The fraction of sp³-hybridized carbons (Fsp3) is 0.400. The lowest BCUT2D eigenvalue weighted by Gasteiger charge is -2.29. The van der Waals surface area contributed by atoms with E-state index >= 15 is 0 Å². The normalized spacial score (nSPS) is 19.2. The molecule has 9 nitrogen and oxygen atoms in total. The Labute approximate surface area is 173 Å². The molecular formula is C20H24FN7O2. The molecule has 4 N–H and O–H groups in total. The first-order chi connectivity index (χ1) is 14.4. The summed E-state index contributed by atoms with van der Waals surface area (Å²) in [5.74, 6) is 1.13. The quantitative estimate of drug-likeness (QED) is 0.540. The number of alkyl halides is 1. The number of ether oxygens (including phenoxy) is 1. The van der Waals surface area contributed by atoms with Crippen molar-refractivity contribution in [2.45, 2.75) is 38.1 Å². The van der Waals surface area contributed by atoms with Gasteiger partial charge in [0.2, 0.25) is 5.95 Å². The van der Waals surface area contributed by atoms with Crippen molar-refractivity contribution in [3.63, 3.8) is 0 Å². The molecule has 0 bridgehead atoms. The Morgan fingerprint density at radius 2 is 2.20 bits per heavy atom. The standard InChI is InChI=1S/C20H24FN7O2/c1-11(29)8-25-20-23-4-3-16(26-20)15-10-28(14-6-13(21)7-14)27-18(15)12-5-17(30-2)19(22)24-9-12/h3-5,9-11,13-14,29H,6-8H2,1-2H3,(H2,22,24)(H,23,25,26)/t11-,13-,14-/m0/s1. The van der Waals surface area contributed by atoms with E-state index in [-0.39, 0.29) is 11.9 Å². The van der Waals surface area contributed by atoms with Crippen molar-refractivity contribution in [3.8, 4) is 28.3 Å². The van der Waals surface area contributed by atoms with Gasteiger partial charge < -0.3 is 20.9 Å². The second kappa shape index (κ2) is 8.23. The average molecular weight is 413 g/mol. The van der Waals surface area contributed by atoms with Crippen LogP contribution in [0.2, 0.25) is 0 Å². The minimum atomic E-state index is -0.792. The number of rotatable bonds is 7. The molecule has 4 rings (SSSR count). The molecule has 10 heteroatoms. The van der Waals surface area contributed by atoms with E-state index in [0.717, 1.165) is 5.56 Å². The number of nitrogens with zero attached hydrogens (tertiary/aromatic N) is 5. The van der Waals surface area contributed by atoms with Gasteiger partial charge in [0.05, 0.1) is 24.9 Å². The van der Waals surface area contributed by atoms with Crippen molar-refractivity contribution in [1.29, 1.82) is 0 Å². The van der Waals surface area contributed by atoms with Gasteiger partial charge in [-0.2, -0.15) is 5.10 Å². The first kappa shape index (κ1) is 20.0. The van der Waals surface area contributed by atoms with Crippen molar-refractivity contribution in [1.82, 2.24) is 24.7 Å². The van der Waals surface area contributed by atoms with Crippen molar-refractivity contribution >= 4 is 11.8 Å². The zero-order valence-electron chi connectivity index (χ0n) is 16.8. The SMILES string of the molecule is COc1cc(-c2nn([C@H]3C[C@H](F)C3)cc2-c2ccnc(NC[C@H](C)O)n2)cnc1N. The summed E-state index contributed by atoms with van der Waals surface area (Å²) < 4.78 is 20.5. The number of halogens is 1. The van der Waals surface area contributed by atoms with Crippen molar-refractivity contribution in [2.75, 3.05) is 24.7 Å². The van der Waals surface area contributed by atoms with Gasteiger partial charge in [-0.25, -0.2) is 19.3 Å². The Bertz CT molecular complexity index is 1030. The molecule has 1 fully saturated rings. The summed E-state index contributed by atoms with van der Waals surface area (Å²) in [6, 6.07) is 3.55. The van der Waals surface area contributed by atoms with Gasteiger partial charge >= 0.3 is 0 Å². The van der Waals surface area contributed by atoms with Gasteiger partial charge in [0.25, 0.3) is 0 Å². The number of anilines is 2. The molecule has 1 saturated carbocycles. The number of methoxy groups -OCH3 is 1. The van der Waals surface area contributed by atoms with E-state index < -0.39 is 12.3 Å². The van der Waals surface area contributed by atoms with Crippen molar-refractivity contribution in [3.05, 3.63) is 30.7 Å². The number of nitrogens with two attached hydrogens (primary N) is 1. The van der Waals surface area contributed by atoms with E-state index in [1.54, 1.807) is 36.1 Å². The second-order valence-corrected chi connectivity index (χ2v) is 7.40. The van der Waals surface area contributed by atoms with Gasteiger partial charge in [0.15, 0.2) is 11.6 Å². The molecule has 0 unspecified atom stereocenters. The molecule has 3 heterocycles. The molecule has 0 aliphatic heterocycles. The fourth-order valence-corrected chi connectivity index (χ4v) is 3.30. The molecule has 0 amide bonds. The minimum Gasteiger partial charge on any atom is -0.493 e. The molecular weight excluding hydrogens is 389 g/mol. The number of nitrogen functional groups attached to an aromatic ring is 1. The maximum atomic E-state index is 13.4. The first-order valence-electron chi connectivity index (χ1n) is 9.73. The van der Waals surface area contributed by atoms with Gasteiger partial charge in [-0.05, 0) is 19.1 Å². The van der Waals surface area contributed by atoms with E-state index in [1.807, 2.05) is 6.20 Å². The highest BCUT2D eigenvalue weighted by atomic mass is 19.1. The molecule has 0 aromatic carbocycles. The van der Waals surface area contributed by atoms with Gasteiger partial charge in [0.1, 0.15) is 11.9 Å². The predicted octanol–water partition coefficient (Wildman–Crippen LogP) is 2.46. The Morgan fingerprint density at radius 1 is 1.40 bits per heavy atom. The third-order valence-corrected chi connectivity index (χ3v) is 5.02. The smallest absolute Gasteiger partial charge is 0.223 e. The van der Waals surface area contributed by atoms with E-state index in [2.05, 4.69) is 20.3 Å². The molecule has 158 valence electrons. The molecule has 0 spiro atoms. The zero-order valence-corrected chi connectivity index (χ0v) is 16.8. The van der Waals surface area contributed by atoms with Crippen LogP contribution in [0.3, 0.4) is 0 Å². The largest absolute Gasteiger partial charge is 0.493 e. The number of hydrogen-bond donors (Lipinski definition) is 3. The number of pyridine rings is 1. The number of aliphatic hydroxyl groups excluding tert-OH is 1. The third-order valence-electron chi connectivity index (χ3n) is 5.02. The number of hydrogen-bond acceptors (Lipinski definition) is 8. The van der Waals surface area contributed by atoms with Gasteiger partial charge in [0, 0.05) is 49.1 Å². The van der Waals surface area contributed by atoms with Crippen LogP contribution >= 0.6 is 0 Å². The summed E-state index contributed by atoms with van der Waals surface area (Å²) in [5.41, 5.74) is 8.61. The summed E-state index contributed by atoms with van der Waals surface area (Å²) >= 11 is 0. The summed E-state index contributed by atoms with van der Waals surface area (Å²) in [4.78, 5) is 13.0. The van der Waals surface area contributed by atoms with Crippen LogP contribution in [0, 0.1) is 0 Å². The third kappa shape index (κ3) is 4.04. The molecule has 1 aliphatic carbocycles. The Morgan fingerprint density at radius 3 is 2.90 bits per heavy atom. The molecule has 0 saturated heterocycles. The van der Waals surface area contributed by atoms with E-state index in [0.29, 0.717) is 48.0 Å². The summed E-state index contributed by atoms with van der Waals surface area (Å²) in [7, 11) is 1.52. The van der Waals surface area contributed by atoms with Crippen LogP contribution in [-0.4, -0.2) is 55.8 Å². The lowest BCUT2D eigenvalue weighted by molar-refractivity contribution is 0.128. The number of aromatic nitrogens is 5. The highest BCUT2D eigenvalue weighted by molar-refractivity contribution is 5.79. The summed E-state index contributed by atoms with van der Waals surface area (Å²) in [5, 5.41) is 17.2. The highest BCUT2D eigenvalue weighted by Gasteiger charge is 2.32. The van der Waals surface area contributed by atoms with Crippen LogP contribution < -0.4 is 15.8 Å². The van der Waals surface area contributed by atoms with Crippen LogP contribution in [0.15, 0.2) is 30.7 Å². The van der Waals surface area contributed by atoms with Gasteiger partial charge in [-0.15, -0.1) is 0 Å². The van der Waals surface area contributed by atoms with E-state index in [9.17, 15) is 9.50 Å². The fourth-order valence-electron chi connectivity index (χ4n) is 3.30. The summed E-state index contributed by atoms with van der Waals surface area (Å²) in [6.07, 6.45) is 4.69. The molecule has 3 aromatic heterocycles. The average Bonchev–Trinajstić information content (AvgIpc) is 3.15. The molecule has 3 aromatic rings. The Balaban J connectivity index is 1.76. The Hall–Kier alpha value is -3.27. The molecule has 1 aliphatic rings. The maximum absolute atomic E-state index is 13.4. The zero-order chi connectivity index (χ0) is 21.3. The van der Waals surface area contributed by atoms with E-state index in [1.165, 1.54) is 7.11 Å². The minimum absolute atomic E-state index is 0.00538. The van der Waals surface area contributed by atoms with Crippen LogP contribution in [0.1, 0.15) is 25.8 Å². The van der Waals surface area contributed by atoms with Crippen LogP contribution in [-0.2, 0) is 0 Å². The molecule has 0 radical (unpaired) electrons. The highest BCUT2D eigenvalue weighted by Crippen LogP contribution is 2.38. The lowest BCUT2D eigenvalue weighted by Crippen LogP contribution is -2.28. The van der Waals surface area contributed by atoms with Gasteiger partial charge in [-0.1, -0.05) is 0 Å². The van der Waals surface area contributed by atoms with Crippen LogP contribution in [0.25, 0.3) is 22.5 Å². The second-order valence-electron chi connectivity index (χ2n) is 7.40. The van der Waals surface area contributed by atoms with Crippen molar-refractivity contribution in [2.24, 2.45) is 0 Å². The monoisotopic (exact) mass is 413 g/mol.